The molecule has 0 atom stereocenters. The van der Waals surface area contributed by atoms with Gasteiger partial charge < -0.3 is 9.26 Å². The number of fused-ring (bicyclic) bond motifs is 1. The van der Waals surface area contributed by atoms with Gasteiger partial charge in [0, 0.05) is 0 Å². The van der Waals surface area contributed by atoms with Crippen molar-refractivity contribution in [3.05, 3.63) is 69.7 Å². The molecular formula is C18H12ClN5O4. The van der Waals surface area contributed by atoms with E-state index in [2.05, 4.69) is 20.5 Å². The molecule has 28 heavy (non-hydrogen) atoms. The van der Waals surface area contributed by atoms with Crippen molar-refractivity contribution in [2.24, 2.45) is 0 Å². The summed E-state index contributed by atoms with van der Waals surface area (Å²) in [6.45, 7) is -0.603. The van der Waals surface area contributed by atoms with E-state index in [1.807, 2.05) is 0 Å². The van der Waals surface area contributed by atoms with Crippen LogP contribution in [0.4, 0.5) is 0 Å². The maximum atomic E-state index is 12.3. The van der Waals surface area contributed by atoms with Gasteiger partial charge in [-0.15, -0.1) is 5.10 Å². The topological polar surface area (TPSA) is 113 Å². The maximum absolute atomic E-state index is 12.3. The summed E-state index contributed by atoms with van der Waals surface area (Å²) in [5.41, 5.74) is 0.603. The highest BCUT2D eigenvalue weighted by Crippen LogP contribution is 2.25. The zero-order valence-corrected chi connectivity index (χ0v) is 15.0. The lowest BCUT2D eigenvalue weighted by atomic mass is 10.2. The van der Waals surface area contributed by atoms with Crippen LogP contribution in [0.25, 0.3) is 22.4 Å². The van der Waals surface area contributed by atoms with Gasteiger partial charge in [-0.3, -0.25) is 9.59 Å². The van der Waals surface area contributed by atoms with E-state index in [0.717, 1.165) is 4.68 Å². The number of hydrogen-bond acceptors (Lipinski definition) is 8. The molecule has 0 spiro atoms. The van der Waals surface area contributed by atoms with E-state index < -0.39 is 11.5 Å². The molecule has 4 rings (SSSR count). The highest BCUT2D eigenvalue weighted by Gasteiger charge is 2.15. The Kier molecular flexibility index (Phi) is 4.81. The summed E-state index contributed by atoms with van der Waals surface area (Å²) in [7, 11) is 0. The fraction of sp³-hybridized carbons (Fsp3) is 0.111. The number of carbonyl (C=O) groups is 1. The van der Waals surface area contributed by atoms with Gasteiger partial charge in [0.25, 0.3) is 11.4 Å². The Balaban J connectivity index is 1.42. The number of esters is 1. The maximum Gasteiger partial charge on any atom is 0.328 e. The van der Waals surface area contributed by atoms with Gasteiger partial charge in [0.1, 0.15) is 12.1 Å². The standard InChI is InChI=1S/C18H12ClN5O4/c19-13-7-3-1-5-11(13)17-20-15(22-28-17)10-27-16(25)9-24-18(26)12-6-2-4-8-14(12)21-23-24/h1-8H,9-10H2. The third-order valence-corrected chi connectivity index (χ3v) is 4.17. The summed E-state index contributed by atoms with van der Waals surface area (Å²) in [5.74, 6) is -0.302. The summed E-state index contributed by atoms with van der Waals surface area (Å²) in [5, 5.41) is 12.2. The van der Waals surface area contributed by atoms with Gasteiger partial charge in [0.2, 0.25) is 5.82 Å². The van der Waals surface area contributed by atoms with E-state index in [4.69, 9.17) is 20.9 Å². The molecule has 0 fully saturated rings. The molecule has 0 amide bonds. The fourth-order valence-electron chi connectivity index (χ4n) is 2.50. The summed E-state index contributed by atoms with van der Waals surface area (Å²) in [6.07, 6.45) is 0. The van der Waals surface area contributed by atoms with Gasteiger partial charge in [-0.2, -0.15) is 9.67 Å². The van der Waals surface area contributed by atoms with E-state index in [9.17, 15) is 9.59 Å². The third-order valence-electron chi connectivity index (χ3n) is 3.84. The monoisotopic (exact) mass is 397 g/mol. The number of carbonyl (C=O) groups excluding carboxylic acids is 1. The fourth-order valence-corrected chi connectivity index (χ4v) is 2.71. The van der Waals surface area contributed by atoms with E-state index >= 15 is 0 Å². The molecule has 0 aliphatic carbocycles. The molecule has 4 aromatic rings. The van der Waals surface area contributed by atoms with Crippen molar-refractivity contribution in [2.45, 2.75) is 13.2 Å². The molecule has 0 N–H and O–H groups in total. The second-order valence-corrected chi connectivity index (χ2v) is 6.13. The van der Waals surface area contributed by atoms with E-state index in [0.29, 0.717) is 21.5 Å². The van der Waals surface area contributed by atoms with Crippen molar-refractivity contribution in [3.63, 3.8) is 0 Å². The predicted molar refractivity (Wildman–Crippen MR) is 98.3 cm³/mol. The molecule has 140 valence electrons. The van der Waals surface area contributed by atoms with Crippen LogP contribution in [0.15, 0.2) is 57.8 Å². The molecule has 0 saturated heterocycles. The molecule has 0 saturated carbocycles. The highest BCUT2D eigenvalue weighted by molar-refractivity contribution is 6.33. The van der Waals surface area contributed by atoms with Gasteiger partial charge in [-0.25, -0.2) is 0 Å². The van der Waals surface area contributed by atoms with Crippen molar-refractivity contribution in [3.8, 4) is 11.5 Å². The number of benzene rings is 2. The zero-order valence-electron chi connectivity index (χ0n) is 14.3. The molecule has 0 bridgehead atoms. The number of rotatable bonds is 5. The number of hydrogen-bond donors (Lipinski definition) is 0. The number of halogens is 1. The van der Waals surface area contributed by atoms with Crippen LogP contribution in [0.3, 0.4) is 0 Å². The second kappa shape index (κ2) is 7.57. The normalized spacial score (nSPS) is 10.9. The molecule has 0 aliphatic heterocycles. The first-order valence-electron chi connectivity index (χ1n) is 8.17. The summed E-state index contributed by atoms with van der Waals surface area (Å²) in [4.78, 5) is 28.5. The van der Waals surface area contributed by atoms with Crippen LogP contribution in [0.2, 0.25) is 5.02 Å². The van der Waals surface area contributed by atoms with Crippen molar-refractivity contribution in [2.75, 3.05) is 0 Å². The molecule has 10 heteroatoms. The highest BCUT2D eigenvalue weighted by atomic mass is 35.5. The van der Waals surface area contributed by atoms with Gasteiger partial charge in [-0.1, -0.05) is 46.2 Å². The van der Waals surface area contributed by atoms with E-state index in [-0.39, 0.29) is 24.9 Å². The van der Waals surface area contributed by atoms with Crippen LogP contribution in [-0.2, 0) is 22.7 Å². The Hall–Kier alpha value is -3.59. The summed E-state index contributed by atoms with van der Waals surface area (Å²) >= 11 is 6.08. The minimum absolute atomic E-state index is 0.167. The molecule has 9 nitrogen and oxygen atoms in total. The average Bonchev–Trinajstić information content (AvgIpc) is 3.18. The lowest BCUT2D eigenvalue weighted by molar-refractivity contribution is -0.146. The van der Waals surface area contributed by atoms with E-state index in [1.165, 1.54) is 0 Å². The Morgan fingerprint density at radius 1 is 1.14 bits per heavy atom. The molecule has 0 aliphatic rings. The number of ether oxygens (including phenoxy) is 1. The molecule has 2 aromatic heterocycles. The van der Waals surface area contributed by atoms with Gasteiger partial charge in [0.05, 0.1) is 16.0 Å². The van der Waals surface area contributed by atoms with Crippen molar-refractivity contribution in [1.29, 1.82) is 0 Å². The molecule has 0 radical (unpaired) electrons. The van der Waals surface area contributed by atoms with Gasteiger partial charge in [-0.05, 0) is 24.3 Å². The number of nitrogens with zero attached hydrogens (tertiary/aromatic N) is 5. The predicted octanol–water partition coefficient (Wildman–Crippen LogP) is 2.24. The Labute approximate surface area is 162 Å². The van der Waals surface area contributed by atoms with Crippen LogP contribution in [-0.4, -0.2) is 31.1 Å². The Morgan fingerprint density at radius 2 is 1.93 bits per heavy atom. The van der Waals surface area contributed by atoms with Crippen LogP contribution in [0.5, 0.6) is 0 Å². The minimum Gasteiger partial charge on any atom is -0.456 e. The molecule has 0 unspecified atom stereocenters. The minimum atomic E-state index is -0.684. The summed E-state index contributed by atoms with van der Waals surface area (Å²) in [6, 6.07) is 13.7. The third kappa shape index (κ3) is 3.60. The quantitative estimate of drug-likeness (QED) is 0.471. The van der Waals surface area contributed by atoms with Gasteiger partial charge in [0.15, 0.2) is 6.61 Å². The lowest BCUT2D eigenvalue weighted by Gasteiger charge is -2.04. The van der Waals surface area contributed by atoms with Crippen molar-refractivity contribution >= 4 is 28.5 Å². The van der Waals surface area contributed by atoms with Crippen molar-refractivity contribution < 1.29 is 14.1 Å². The largest absolute Gasteiger partial charge is 0.456 e. The van der Waals surface area contributed by atoms with Gasteiger partial charge >= 0.3 is 5.97 Å². The zero-order chi connectivity index (χ0) is 19.5. The summed E-state index contributed by atoms with van der Waals surface area (Å²) < 4.78 is 11.2. The van der Waals surface area contributed by atoms with Crippen molar-refractivity contribution in [1.82, 2.24) is 25.1 Å². The first-order chi connectivity index (χ1) is 13.6. The van der Waals surface area contributed by atoms with E-state index in [1.54, 1.807) is 48.5 Å². The van der Waals surface area contributed by atoms with Crippen LogP contribution >= 0.6 is 11.6 Å². The first-order valence-corrected chi connectivity index (χ1v) is 8.55. The number of aromatic nitrogens is 5. The smallest absolute Gasteiger partial charge is 0.328 e. The molecule has 2 heterocycles. The van der Waals surface area contributed by atoms with Crippen LogP contribution in [0, 0.1) is 0 Å². The molecule has 2 aromatic carbocycles. The Bertz CT molecular complexity index is 1220. The van der Waals surface area contributed by atoms with Crippen LogP contribution < -0.4 is 5.56 Å². The first kappa shape index (κ1) is 17.8. The SMILES string of the molecule is O=C(Cn1nnc2ccccc2c1=O)OCc1noc(-c2ccccc2Cl)n1. The molecular weight excluding hydrogens is 386 g/mol. The average molecular weight is 398 g/mol. The lowest BCUT2D eigenvalue weighted by Crippen LogP contribution is -2.28. The second-order valence-electron chi connectivity index (χ2n) is 5.73. The Morgan fingerprint density at radius 3 is 2.79 bits per heavy atom. The van der Waals surface area contributed by atoms with Crippen LogP contribution in [0.1, 0.15) is 5.82 Å².